The molecule has 4 bridgehead atoms. The van der Waals surface area contributed by atoms with Gasteiger partial charge in [-0.15, -0.1) is 0 Å². The molecule has 396 valence electrons. The van der Waals surface area contributed by atoms with Crippen LogP contribution in [-0.4, -0.2) is 134 Å². The van der Waals surface area contributed by atoms with Gasteiger partial charge in [0.25, 0.3) is 11.1 Å². The van der Waals surface area contributed by atoms with E-state index in [-0.39, 0.29) is 23.3 Å². The van der Waals surface area contributed by atoms with E-state index >= 15 is 0 Å². The number of carbonyl (C=O) groups is 1. The number of aromatic nitrogens is 6. The van der Waals surface area contributed by atoms with Crippen molar-refractivity contribution in [1.29, 1.82) is 0 Å². The molecule has 16 rings (SSSR count). The zero-order chi connectivity index (χ0) is 52.4. The quantitative estimate of drug-likeness (QED) is 0.0766. The number of fused-ring (bicyclic) bond motifs is 10. The van der Waals surface area contributed by atoms with Gasteiger partial charge in [-0.2, -0.15) is 0 Å². The van der Waals surface area contributed by atoms with Crippen molar-refractivity contribution in [1.82, 2.24) is 49.9 Å². The summed E-state index contributed by atoms with van der Waals surface area (Å²) in [4.78, 5) is 69.4. The molecule has 4 aromatic carbocycles. The molecular weight excluding hydrogens is 965 g/mol. The van der Waals surface area contributed by atoms with Crippen molar-refractivity contribution >= 4 is 72.5 Å². The Morgan fingerprint density at radius 2 is 1.12 bits per heavy atom. The summed E-state index contributed by atoms with van der Waals surface area (Å²) in [6, 6.07) is 29.1. The van der Waals surface area contributed by atoms with E-state index in [1.54, 1.807) is 4.90 Å². The fourth-order valence-corrected chi connectivity index (χ4v) is 12.8. The molecule has 77 heavy (non-hydrogen) atoms. The van der Waals surface area contributed by atoms with Crippen LogP contribution in [0.1, 0.15) is 70.4 Å². The minimum absolute atomic E-state index is 0.117. The highest BCUT2D eigenvalue weighted by Gasteiger charge is 2.37. The average molecular weight is 1030 g/mol. The lowest BCUT2D eigenvalue weighted by molar-refractivity contribution is 0.0270. The zero-order valence-electron chi connectivity index (χ0n) is 44.2. The minimum atomic E-state index is -0.522. The molecule has 0 spiro atoms. The summed E-state index contributed by atoms with van der Waals surface area (Å²) in [5.74, 6) is 2.40. The lowest BCUT2D eigenvalue weighted by atomic mass is 9.83. The molecule has 12 heterocycles. The second-order valence-corrected chi connectivity index (χ2v) is 23.0. The van der Waals surface area contributed by atoms with E-state index in [0.29, 0.717) is 53.7 Å². The molecule has 2 unspecified atom stereocenters. The number of para-hydroxylation sites is 4. The zero-order valence-corrected chi connectivity index (χ0v) is 44.2. The predicted octanol–water partition coefficient (Wildman–Crippen LogP) is 9.56. The third-order valence-electron chi connectivity index (χ3n) is 16.9. The second kappa shape index (κ2) is 20.1. The first kappa shape index (κ1) is 49.1. The number of benzene rings is 4. The van der Waals surface area contributed by atoms with Gasteiger partial charge in [0.1, 0.15) is 28.4 Å². The summed E-state index contributed by atoms with van der Waals surface area (Å²) in [5.41, 5.74) is 12.1. The first-order chi connectivity index (χ1) is 37.4. The monoisotopic (exact) mass is 1030 g/mol. The number of carbonyl (C=O) groups excluding carboxylic acids is 1. The lowest BCUT2D eigenvalue weighted by Gasteiger charge is -2.45. The molecule has 2 atom stereocenters. The number of aromatic amines is 4. The largest absolute Gasteiger partial charge is 0.444 e. The maximum atomic E-state index is 13.7. The van der Waals surface area contributed by atoms with E-state index in [1.807, 2.05) is 75.4 Å². The number of hydrogen-bond donors (Lipinski definition) is 7. The molecule has 16 nitrogen and oxygen atoms in total. The molecule has 1 amide bonds. The van der Waals surface area contributed by atoms with Crippen molar-refractivity contribution in [2.75, 3.05) is 76.1 Å². The molecule has 8 aliphatic heterocycles. The molecule has 0 radical (unpaired) electrons. The van der Waals surface area contributed by atoms with Gasteiger partial charge in [-0.25, -0.2) is 14.8 Å². The predicted molar refractivity (Wildman–Crippen MR) is 308 cm³/mol. The van der Waals surface area contributed by atoms with Crippen LogP contribution < -0.4 is 27.1 Å². The maximum absolute atomic E-state index is 13.7. The Hall–Kier alpha value is -7.53. The number of ether oxygens (including phenoxy) is 1. The van der Waals surface area contributed by atoms with E-state index in [1.165, 1.54) is 55.5 Å². The van der Waals surface area contributed by atoms with E-state index < -0.39 is 5.60 Å². The van der Waals surface area contributed by atoms with Gasteiger partial charge in [-0.3, -0.25) is 9.59 Å². The fraction of sp³-hybridized carbons (Fsp3) is 0.393. The van der Waals surface area contributed by atoms with Crippen molar-refractivity contribution in [2.45, 2.75) is 77.0 Å². The van der Waals surface area contributed by atoms with Crippen LogP contribution in [0.15, 0.2) is 107 Å². The number of nitrogens with one attached hydrogen (secondary N) is 7. The number of rotatable bonds is 8. The molecule has 7 N–H and O–H groups in total. The fourth-order valence-electron chi connectivity index (χ4n) is 12.8. The normalized spacial score (nSPS) is 23.2. The average Bonchev–Trinajstić information content (AvgIpc) is 4.10. The highest BCUT2D eigenvalue weighted by molar-refractivity contribution is 6.02. The van der Waals surface area contributed by atoms with Crippen LogP contribution >= 0.6 is 0 Å². The summed E-state index contributed by atoms with van der Waals surface area (Å²) in [5, 5.41) is 13.2. The summed E-state index contributed by atoms with van der Waals surface area (Å²) < 4.78 is 5.58. The number of pyridine rings is 2. The highest BCUT2D eigenvalue weighted by Crippen LogP contribution is 2.40. The summed E-state index contributed by atoms with van der Waals surface area (Å²) in [6.45, 7) is 15.3. The number of piperidine rings is 6. The number of amides is 1. The number of H-pyrrole nitrogens is 4. The van der Waals surface area contributed by atoms with Crippen LogP contribution in [0.25, 0.3) is 77.8 Å². The van der Waals surface area contributed by atoms with E-state index in [9.17, 15) is 14.4 Å². The molecule has 16 heteroatoms. The van der Waals surface area contributed by atoms with E-state index in [2.05, 4.69) is 88.2 Å². The second-order valence-electron chi connectivity index (χ2n) is 23.0. The summed E-state index contributed by atoms with van der Waals surface area (Å²) in [7, 11) is 0. The van der Waals surface area contributed by atoms with Gasteiger partial charge in [-0.05, 0) is 175 Å². The Labute approximate surface area is 446 Å². The molecule has 6 saturated heterocycles. The van der Waals surface area contributed by atoms with Crippen LogP contribution in [0.2, 0.25) is 0 Å². The Balaban J connectivity index is 0.000000149. The van der Waals surface area contributed by atoms with E-state index in [4.69, 9.17) is 14.7 Å². The Morgan fingerprint density at radius 1 is 0.610 bits per heavy atom. The van der Waals surface area contributed by atoms with Gasteiger partial charge in [0.2, 0.25) is 0 Å². The van der Waals surface area contributed by atoms with Crippen molar-refractivity contribution < 1.29 is 9.53 Å². The number of nitrogens with zero attached hydrogens (tertiary/aromatic N) is 5. The topological polar surface area (TPSA) is 195 Å². The smallest absolute Gasteiger partial charge is 0.410 e. The third kappa shape index (κ3) is 9.83. The first-order valence-corrected chi connectivity index (χ1v) is 27.8. The number of anilines is 2. The van der Waals surface area contributed by atoms with Crippen LogP contribution in [0.5, 0.6) is 0 Å². The van der Waals surface area contributed by atoms with Crippen molar-refractivity contribution in [2.24, 2.45) is 11.8 Å². The van der Waals surface area contributed by atoms with Crippen molar-refractivity contribution in [3.63, 3.8) is 0 Å². The van der Waals surface area contributed by atoms with Gasteiger partial charge in [0, 0.05) is 55.6 Å². The van der Waals surface area contributed by atoms with Crippen molar-refractivity contribution in [3.05, 3.63) is 129 Å². The van der Waals surface area contributed by atoms with Crippen LogP contribution in [0, 0.1) is 11.8 Å². The molecular formula is C61H68N12O4. The standard InChI is InChI=1S/C33H38N6O3.C28H30N6O/c1-33(2,3)42-32(41)39-16-12-20(13-17-39)22-8-9-24-23(18-22)29(34-27-19-38-14-10-21(27)11-15-38)28(31(40)37-24)30-35-25-6-4-5-7-26(25)36-30;35-28-25(27-31-22-3-1-2-4-23(22)32-27)26(30-24-16-34-13-9-18(24)10-14-34)20-15-19(5-6-21(20)33-28)17-7-11-29-12-8-17/h4-9,12,18,21,27H,10-11,13-17,19H2,1-3H3,(H,35,36)(H2,34,37,40);1-7,15,18,24,29H,8-14,16H2,(H,31,32)(H2,30,33,35). The summed E-state index contributed by atoms with van der Waals surface area (Å²) in [6.07, 6.45) is 10.6. The van der Waals surface area contributed by atoms with Gasteiger partial charge >= 0.3 is 6.09 Å². The van der Waals surface area contributed by atoms with Crippen LogP contribution in [-0.2, 0) is 4.74 Å². The Morgan fingerprint density at radius 3 is 1.55 bits per heavy atom. The molecule has 0 saturated carbocycles. The van der Waals surface area contributed by atoms with E-state index in [0.717, 1.165) is 113 Å². The molecule has 8 aliphatic rings. The van der Waals surface area contributed by atoms with Gasteiger partial charge < -0.3 is 55.3 Å². The summed E-state index contributed by atoms with van der Waals surface area (Å²) >= 11 is 0. The molecule has 6 fully saturated rings. The highest BCUT2D eigenvalue weighted by atomic mass is 16.6. The minimum Gasteiger partial charge on any atom is -0.444 e. The molecule has 0 aliphatic carbocycles. The number of hydrogen-bond acceptors (Lipinski definition) is 11. The first-order valence-electron chi connectivity index (χ1n) is 27.8. The Kier molecular flexibility index (Phi) is 12.8. The SMILES string of the molecule is CC(C)(C)OC(=O)N1CC=C(c2ccc3[nH]c(=O)c(-c4nc5ccccc5[nH]4)c(NC4CN5CCC4CC5)c3c2)CC1.O=c1[nH]c2ccc(C3=CCNCC3)cc2c(NC2CN3CCC2CC3)c1-c1nc2ccccc2[nH]1. The third-order valence-corrected chi connectivity index (χ3v) is 16.9. The molecule has 8 aromatic rings. The van der Waals surface area contributed by atoms with Crippen LogP contribution in [0.3, 0.4) is 0 Å². The van der Waals surface area contributed by atoms with Crippen LogP contribution in [0.4, 0.5) is 16.2 Å². The van der Waals surface area contributed by atoms with Crippen molar-refractivity contribution in [3.8, 4) is 22.8 Å². The van der Waals surface area contributed by atoms with Gasteiger partial charge in [-0.1, -0.05) is 48.6 Å². The number of imidazole rings is 2. The maximum Gasteiger partial charge on any atom is 0.410 e. The van der Waals surface area contributed by atoms with Gasteiger partial charge in [0.15, 0.2) is 0 Å². The lowest BCUT2D eigenvalue weighted by Crippen LogP contribution is -2.53. The molecule has 4 aromatic heterocycles. The van der Waals surface area contributed by atoms with Gasteiger partial charge in [0.05, 0.1) is 44.5 Å². The Bertz CT molecular complexity index is 3680.